The molecule has 19 heavy (non-hydrogen) atoms. The predicted molar refractivity (Wildman–Crippen MR) is 84.5 cm³/mol. The number of benzene rings is 1. The van der Waals surface area contributed by atoms with E-state index in [4.69, 9.17) is 0 Å². The van der Waals surface area contributed by atoms with E-state index in [0.29, 0.717) is 0 Å². The fraction of sp³-hybridized carbons (Fsp3) is 0.278. The van der Waals surface area contributed by atoms with Crippen molar-refractivity contribution in [3.8, 4) is 0 Å². The maximum atomic E-state index is 4.59. The molecule has 98 valence electrons. The third kappa shape index (κ3) is 2.10. The number of fused-ring (bicyclic) bond motifs is 1. The maximum Gasteiger partial charge on any atom is 0.0742 e. The zero-order chi connectivity index (χ0) is 14.2. The number of nitrogens with zero attached hydrogens (tertiary/aromatic N) is 1. The van der Waals surface area contributed by atoms with Crippen LogP contribution in [0.3, 0.4) is 0 Å². The molecule has 0 saturated carbocycles. The van der Waals surface area contributed by atoms with Crippen LogP contribution >= 0.6 is 0 Å². The Morgan fingerprint density at radius 2 is 1.79 bits per heavy atom. The molecule has 0 aliphatic heterocycles. The van der Waals surface area contributed by atoms with Gasteiger partial charge in [0.2, 0.25) is 0 Å². The van der Waals surface area contributed by atoms with E-state index in [9.17, 15) is 0 Å². The quantitative estimate of drug-likeness (QED) is 0.680. The second-order valence-corrected chi connectivity index (χ2v) is 5.19. The summed E-state index contributed by atoms with van der Waals surface area (Å²) in [6.07, 6.45) is 5.81. The number of pyridine rings is 1. The highest BCUT2D eigenvalue weighted by Crippen LogP contribution is 2.33. The van der Waals surface area contributed by atoms with Gasteiger partial charge in [0.15, 0.2) is 0 Å². The molecular formula is C18H21N. The minimum absolute atomic E-state index is 1.12. The first-order valence-corrected chi connectivity index (χ1v) is 6.63. The molecule has 1 aromatic carbocycles. The van der Waals surface area contributed by atoms with E-state index in [-0.39, 0.29) is 0 Å². The fourth-order valence-corrected chi connectivity index (χ4v) is 2.94. The summed E-state index contributed by atoms with van der Waals surface area (Å²) in [4.78, 5) is 4.59. The van der Waals surface area contributed by atoms with Crippen LogP contribution in [0.5, 0.6) is 0 Å². The predicted octanol–water partition coefficient (Wildman–Crippen LogP) is 5.06. The van der Waals surface area contributed by atoms with Crippen molar-refractivity contribution in [1.82, 2.24) is 4.98 Å². The van der Waals surface area contributed by atoms with Gasteiger partial charge in [-0.3, -0.25) is 4.98 Å². The summed E-state index contributed by atoms with van der Waals surface area (Å²) in [5, 5.41) is 1.30. The van der Waals surface area contributed by atoms with Gasteiger partial charge in [-0.05, 0) is 74.1 Å². The first-order valence-electron chi connectivity index (χ1n) is 6.63. The second kappa shape index (κ2) is 5.00. The average molecular weight is 251 g/mol. The highest BCUT2D eigenvalue weighted by molar-refractivity contribution is 5.93. The monoisotopic (exact) mass is 251 g/mol. The molecule has 1 heteroatoms. The minimum Gasteiger partial charge on any atom is -0.256 e. The highest BCUT2D eigenvalue weighted by Gasteiger charge is 2.14. The molecule has 0 bridgehead atoms. The van der Waals surface area contributed by atoms with E-state index in [0.717, 1.165) is 5.52 Å². The van der Waals surface area contributed by atoms with E-state index in [2.05, 4.69) is 58.3 Å². The highest BCUT2D eigenvalue weighted by atomic mass is 14.7. The molecule has 0 radical (unpaired) electrons. The molecule has 1 nitrogen and oxygen atoms in total. The molecule has 2 rings (SSSR count). The van der Waals surface area contributed by atoms with Gasteiger partial charge in [-0.1, -0.05) is 18.7 Å². The molecule has 0 atom stereocenters. The van der Waals surface area contributed by atoms with Gasteiger partial charge < -0.3 is 0 Å². The molecule has 0 unspecified atom stereocenters. The molecule has 0 amide bonds. The molecule has 1 heterocycles. The minimum atomic E-state index is 1.12. The Hall–Kier alpha value is -1.89. The Bertz CT molecular complexity index is 691. The van der Waals surface area contributed by atoms with E-state index in [1.807, 2.05) is 12.3 Å². The first kappa shape index (κ1) is 13.5. The molecule has 0 N–H and O–H groups in total. The fourth-order valence-electron chi connectivity index (χ4n) is 2.94. The summed E-state index contributed by atoms with van der Waals surface area (Å²) in [6, 6.07) is 2.08. The summed E-state index contributed by atoms with van der Waals surface area (Å²) >= 11 is 0. The largest absolute Gasteiger partial charge is 0.256 e. The van der Waals surface area contributed by atoms with Crippen LogP contribution in [0.1, 0.15) is 34.7 Å². The number of aryl methyl sites for hydroxylation is 3. The van der Waals surface area contributed by atoms with E-state index in [1.54, 1.807) is 0 Å². The summed E-state index contributed by atoms with van der Waals surface area (Å²) < 4.78 is 0. The number of hydrogen-bond donors (Lipinski definition) is 0. The molecule has 2 aromatic rings. The van der Waals surface area contributed by atoms with Crippen molar-refractivity contribution >= 4 is 16.5 Å². The van der Waals surface area contributed by atoms with Crippen LogP contribution in [0.25, 0.3) is 16.5 Å². The van der Waals surface area contributed by atoms with Crippen LogP contribution in [0.2, 0.25) is 0 Å². The van der Waals surface area contributed by atoms with Crippen molar-refractivity contribution in [1.29, 1.82) is 0 Å². The van der Waals surface area contributed by atoms with Crippen molar-refractivity contribution < 1.29 is 0 Å². The van der Waals surface area contributed by atoms with Crippen molar-refractivity contribution in [2.75, 3.05) is 0 Å². The SMILES string of the molecule is C=C/C=C(/C)c1c(C)c(C)c2c(C)ccnc2c1C. The van der Waals surface area contributed by atoms with Gasteiger partial charge in [0.25, 0.3) is 0 Å². The first-order chi connectivity index (χ1) is 8.99. The Balaban J connectivity index is 2.97. The maximum absolute atomic E-state index is 4.59. The van der Waals surface area contributed by atoms with Gasteiger partial charge in [-0.2, -0.15) is 0 Å². The van der Waals surface area contributed by atoms with E-state index >= 15 is 0 Å². The van der Waals surface area contributed by atoms with Crippen LogP contribution in [0.15, 0.2) is 31.0 Å². The number of hydrogen-bond acceptors (Lipinski definition) is 1. The lowest BCUT2D eigenvalue weighted by molar-refractivity contribution is 1.25. The molecular weight excluding hydrogens is 230 g/mol. The lowest BCUT2D eigenvalue weighted by Crippen LogP contribution is -1.99. The Labute approximate surface area is 115 Å². The van der Waals surface area contributed by atoms with Gasteiger partial charge in [-0.15, -0.1) is 0 Å². The summed E-state index contributed by atoms with van der Waals surface area (Å²) in [5.74, 6) is 0. The van der Waals surface area contributed by atoms with Gasteiger partial charge in [-0.25, -0.2) is 0 Å². The lowest BCUT2D eigenvalue weighted by Gasteiger charge is -2.17. The van der Waals surface area contributed by atoms with Crippen LogP contribution in [-0.2, 0) is 0 Å². The van der Waals surface area contributed by atoms with E-state index < -0.39 is 0 Å². The summed E-state index contributed by atoms with van der Waals surface area (Å²) in [6.45, 7) is 14.6. The molecule has 0 aliphatic rings. The normalized spacial score (nSPS) is 11.9. The van der Waals surface area contributed by atoms with E-state index in [1.165, 1.54) is 38.8 Å². The van der Waals surface area contributed by atoms with Crippen molar-refractivity contribution in [2.45, 2.75) is 34.6 Å². The van der Waals surface area contributed by atoms with Gasteiger partial charge in [0.1, 0.15) is 0 Å². The summed E-state index contributed by atoms with van der Waals surface area (Å²) in [7, 11) is 0. The lowest BCUT2D eigenvalue weighted by atomic mass is 9.88. The molecule has 0 fully saturated rings. The van der Waals surface area contributed by atoms with Crippen LogP contribution in [0, 0.1) is 27.7 Å². The third-order valence-corrected chi connectivity index (χ3v) is 3.96. The zero-order valence-corrected chi connectivity index (χ0v) is 12.5. The van der Waals surface area contributed by atoms with Gasteiger partial charge in [0, 0.05) is 11.6 Å². The number of aromatic nitrogens is 1. The van der Waals surface area contributed by atoms with Crippen LogP contribution < -0.4 is 0 Å². The van der Waals surface area contributed by atoms with Gasteiger partial charge >= 0.3 is 0 Å². The van der Waals surface area contributed by atoms with Crippen molar-refractivity contribution in [2.24, 2.45) is 0 Å². The smallest absolute Gasteiger partial charge is 0.0742 e. The van der Waals surface area contributed by atoms with Gasteiger partial charge in [0.05, 0.1) is 5.52 Å². The summed E-state index contributed by atoms with van der Waals surface area (Å²) in [5.41, 5.74) is 8.91. The Morgan fingerprint density at radius 3 is 2.42 bits per heavy atom. The Kier molecular flexibility index (Phi) is 3.57. The molecule has 0 spiro atoms. The van der Waals surface area contributed by atoms with Crippen molar-refractivity contribution in [3.05, 3.63) is 58.8 Å². The molecule has 1 aromatic heterocycles. The molecule has 0 saturated heterocycles. The topological polar surface area (TPSA) is 12.9 Å². The second-order valence-electron chi connectivity index (χ2n) is 5.19. The van der Waals surface area contributed by atoms with Crippen LogP contribution in [0.4, 0.5) is 0 Å². The average Bonchev–Trinajstić information content (AvgIpc) is 2.36. The third-order valence-electron chi connectivity index (χ3n) is 3.96. The number of allylic oxidation sites excluding steroid dienone is 3. The van der Waals surface area contributed by atoms with Crippen LogP contribution in [-0.4, -0.2) is 4.98 Å². The Morgan fingerprint density at radius 1 is 1.11 bits per heavy atom. The standard InChI is InChI=1S/C18H21N/c1-7-8-11(2)16-13(4)14(5)17-12(3)9-10-19-18(17)15(16)6/h7-10H,1H2,2-6H3/b11-8-. The number of rotatable bonds is 2. The zero-order valence-electron chi connectivity index (χ0n) is 12.5. The molecule has 0 aliphatic carbocycles. The van der Waals surface area contributed by atoms with Crippen molar-refractivity contribution in [3.63, 3.8) is 0 Å².